The lowest BCUT2D eigenvalue weighted by molar-refractivity contribution is 0.303. The number of nitrogens with two attached hydrogens (primary N) is 1. The molecule has 2 nitrogen and oxygen atoms in total. The molecule has 17 heavy (non-hydrogen) atoms. The monoisotopic (exact) mass is 233 g/mol. The highest BCUT2D eigenvalue weighted by atomic mass is 16.5. The average Bonchev–Trinajstić information content (AvgIpc) is 3.13. The van der Waals surface area contributed by atoms with Crippen LogP contribution in [0.5, 0.6) is 5.75 Å². The molecule has 0 bridgehead atoms. The summed E-state index contributed by atoms with van der Waals surface area (Å²) in [6.45, 7) is 4.47. The summed E-state index contributed by atoms with van der Waals surface area (Å²) in [5.41, 5.74) is 7.41. The SMILES string of the molecule is CCC(C)CC(N)c1ccc(OC2CC2)cc1. The minimum atomic E-state index is 0.153. The second-order valence-electron chi connectivity index (χ2n) is 5.24. The molecule has 0 spiro atoms. The van der Waals surface area contributed by atoms with Crippen LogP contribution in [-0.4, -0.2) is 6.10 Å². The van der Waals surface area contributed by atoms with Crippen molar-refractivity contribution in [2.45, 2.75) is 51.7 Å². The molecule has 0 amide bonds. The normalized spacial score (nSPS) is 18.8. The Kier molecular flexibility index (Phi) is 4.06. The fourth-order valence-corrected chi connectivity index (χ4v) is 1.91. The van der Waals surface area contributed by atoms with Gasteiger partial charge in [-0.3, -0.25) is 0 Å². The molecule has 2 rings (SSSR count). The summed E-state index contributed by atoms with van der Waals surface area (Å²) < 4.78 is 5.72. The highest BCUT2D eigenvalue weighted by Gasteiger charge is 2.23. The summed E-state index contributed by atoms with van der Waals surface area (Å²) in [6.07, 6.45) is 5.12. The summed E-state index contributed by atoms with van der Waals surface area (Å²) in [7, 11) is 0. The molecular formula is C15H23NO. The second kappa shape index (κ2) is 5.54. The van der Waals surface area contributed by atoms with E-state index >= 15 is 0 Å². The van der Waals surface area contributed by atoms with Crippen LogP contribution in [0.4, 0.5) is 0 Å². The van der Waals surface area contributed by atoms with Crippen molar-refractivity contribution in [3.8, 4) is 5.75 Å². The van der Waals surface area contributed by atoms with Crippen molar-refractivity contribution in [3.63, 3.8) is 0 Å². The third-order valence-corrected chi connectivity index (χ3v) is 3.49. The van der Waals surface area contributed by atoms with Crippen molar-refractivity contribution in [1.29, 1.82) is 0 Å². The Bertz CT molecular complexity index is 342. The van der Waals surface area contributed by atoms with Gasteiger partial charge in [-0.05, 0) is 42.9 Å². The smallest absolute Gasteiger partial charge is 0.119 e. The van der Waals surface area contributed by atoms with E-state index in [1.54, 1.807) is 0 Å². The van der Waals surface area contributed by atoms with E-state index in [9.17, 15) is 0 Å². The van der Waals surface area contributed by atoms with E-state index in [0.29, 0.717) is 12.0 Å². The predicted molar refractivity (Wildman–Crippen MR) is 71.1 cm³/mol. The third kappa shape index (κ3) is 3.74. The molecule has 2 unspecified atom stereocenters. The number of hydrogen-bond donors (Lipinski definition) is 1. The van der Waals surface area contributed by atoms with E-state index in [1.807, 2.05) is 12.1 Å². The van der Waals surface area contributed by atoms with Gasteiger partial charge < -0.3 is 10.5 Å². The molecule has 94 valence electrons. The second-order valence-corrected chi connectivity index (χ2v) is 5.24. The van der Waals surface area contributed by atoms with Crippen LogP contribution in [0.15, 0.2) is 24.3 Å². The molecule has 1 aliphatic carbocycles. The molecule has 0 aliphatic heterocycles. The zero-order chi connectivity index (χ0) is 12.3. The lowest BCUT2D eigenvalue weighted by atomic mass is 9.95. The predicted octanol–water partition coefficient (Wildman–Crippen LogP) is 3.66. The quantitative estimate of drug-likeness (QED) is 0.813. The van der Waals surface area contributed by atoms with Gasteiger partial charge in [0, 0.05) is 6.04 Å². The Labute approximate surface area is 104 Å². The zero-order valence-corrected chi connectivity index (χ0v) is 10.9. The molecule has 1 aromatic carbocycles. The molecule has 1 aromatic rings. The first kappa shape index (κ1) is 12.4. The van der Waals surface area contributed by atoms with Crippen LogP contribution in [0.1, 0.15) is 51.1 Å². The minimum Gasteiger partial charge on any atom is -0.490 e. The molecule has 1 fully saturated rings. The summed E-state index contributed by atoms with van der Waals surface area (Å²) in [5, 5.41) is 0. The summed E-state index contributed by atoms with van der Waals surface area (Å²) in [5.74, 6) is 1.67. The van der Waals surface area contributed by atoms with Gasteiger partial charge in [0.25, 0.3) is 0 Å². The average molecular weight is 233 g/mol. The Morgan fingerprint density at radius 2 is 1.94 bits per heavy atom. The van der Waals surface area contributed by atoms with E-state index in [0.717, 1.165) is 12.2 Å². The van der Waals surface area contributed by atoms with Gasteiger partial charge in [-0.2, -0.15) is 0 Å². The summed E-state index contributed by atoms with van der Waals surface area (Å²) >= 11 is 0. The van der Waals surface area contributed by atoms with Crippen LogP contribution in [0.2, 0.25) is 0 Å². The van der Waals surface area contributed by atoms with Crippen molar-refractivity contribution in [1.82, 2.24) is 0 Å². The first-order valence-corrected chi connectivity index (χ1v) is 6.71. The fraction of sp³-hybridized carbons (Fsp3) is 0.600. The van der Waals surface area contributed by atoms with Gasteiger partial charge in [-0.25, -0.2) is 0 Å². The van der Waals surface area contributed by atoms with Gasteiger partial charge >= 0.3 is 0 Å². The van der Waals surface area contributed by atoms with Crippen LogP contribution in [0, 0.1) is 5.92 Å². The number of ether oxygens (including phenoxy) is 1. The molecule has 0 aromatic heterocycles. The molecule has 2 N–H and O–H groups in total. The summed E-state index contributed by atoms with van der Waals surface area (Å²) in [6, 6.07) is 8.45. The van der Waals surface area contributed by atoms with Crippen LogP contribution >= 0.6 is 0 Å². The molecule has 0 radical (unpaired) electrons. The van der Waals surface area contributed by atoms with E-state index in [4.69, 9.17) is 10.5 Å². The summed E-state index contributed by atoms with van der Waals surface area (Å²) in [4.78, 5) is 0. The minimum absolute atomic E-state index is 0.153. The van der Waals surface area contributed by atoms with Crippen LogP contribution < -0.4 is 10.5 Å². The van der Waals surface area contributed by atoms with Gasteiger partial charge in [0.05, 0.1) is 6.10 Å². The van der Waals surface area contributed by atoms with Crippen LogP contribution in [0.25, 0.3) is 0 Å². The molecule has 1 saturated carbocycles. The fourth-order valence-electron chi connectivity index (χ4n) is 1.91. The van der Waals surface area contributed by atoms with Crippen molar-refractivity contribution in [3.05, 3.63) is 29.8 Å². The van der Waals surface area contributed by atoms with Crippen LogP contribution in [-0.2, 0) is 0 Å². The highest BCUT2D eigenvalue weighted by Crippen LogP contribution is 2.28. The lowest BCUT2D eigenvalue weighted by Gasteiger charge is -2.16. The number of rotatable bonds is 6. The molecular weight excluding hydrogens is 210 g/mol. The third-order valence-electron chi connectivity index (χ3n) is 3.49. The standard InChI is InChI=1S/C15H23NO/c1-3-11(2)10-15(16)12-4-6-13(7-5-12)17-14-8-9-14/h4-7,11,14-15H,3,8-10,16H2,1-2H3. The largest absolute Gasteiger partial charge is 0.490 e. The lowest BCUT2D eigenvalue weighted by Crippen LogP contribution is -2.13. The Morgan fingerprint density at radius 3 is 2.47 bits per heavy atom. The molecule has 0 heterocycles. The van der Waals surface area contributed by atoms with E-state index in [2.05, 4.69) is 26.0 Å². The first-order valence-electron chi connectivity index (χ1n) is 6.71. The molecule has 1 aliphatic rings. The van der Waals surface area contributed by atoms with Crippen molar-refractivity contribution < 1.29 is 4.74 Å². The van der Waals surface area contributed by atoms with Gasteiger partial charge in [0.2, 0.25) is 0 Å². The van der Waals surface area contributed by atoms with Gasteiger partial charge in [-0.1, -0.05) is 32.4 Å². The maximum Gasteiger partial charge on any atom is 0.119 e. The number of hydrogen-bond acceptors (Lipinski definition) is 2. The molecule has 2 heteroatoms. The van der Waals surface area contributed by atoms with Crippen molar-refractivity contribution >= 4 is 0 Å². The first-order chi connectivity index (χ1) is 8.19. The van der Waals surface area contributed by atoms with E-state index in [-0.39, 0.29) is 6.04 Å². The van der Waals surface area contributed by atoms with E-state index in [1.165, 1.54) is 24.8 Å². The van der Waals surface area contributed by atoms with E-state index < -0.39 is 0 Å². The molecule has 2 atom stereocenters. The van der Waals surface area contributed by atoms with Gasteiger partial charge in [0.1, 0.15) is 5.75 Å². The Hall–Kier alpha value is -1.02. The topological polar surface area (TPSA) is 35.2 Å². The van der Waals surface area contributed by atoms with Crippen molar-refractivity contribution in [2.24, 2.45) is 11.7 Å². The number of benzene rings is 1. The van der Waals surface area contributed by atoms with Crippen molar-refractivity contribution in [2.75, 3.05) is 0 Å². The van der Waals surface area contributed by atoms with Gasteiger partial charge in [-0.15, -0.1) is 0 Å². The maximum atomic E-state index is 6.19. The maximum absolute atomic E-state index is 6.19. The Balaban J connectivity index is 1.91. The highest BCUT2D eigenvalue weighted by molar-refractivity contribution is 5.29. The zero-order valence-electron chi connectivity index (χ0n) is 10.9. The van der Waals surface area contributed by atoms with Gasteiger partial charge in [0.15, 0.2) is 0 Å². The molecule has 0 saturated heterocycles. The Morgan fingerprint density at radius 1 is 1.29 bits per heavy atom. The van der Waals surface area contributed by atoms with Crippen LogP contribution in [0.3, 0.4) is 0 Å².